The smallest absolute Gasteiger partial charge is 0.368 e. The molecule has 0 saturated heterocycles. The molecule has 57 valence electrons. The van der Waals surface area contributed by atoms with Crippen LogP contribution in [0.2, 0.25) is 0 Å². The normalized spacial score (nSPS) is 12.3. The molecule has 1 radical (unpaired) electrons. The summed E-state index contributed by atoms with van der Waals surface area (Å²) in [6.07, 6.45) is -1.79. The Morgan fingerprint density at radius 2 is 2.30 bits per heavy atom. The third kappa shape index (κ3) is 3.16. The first kappa shape index (κ1) is 9.06. The summed E-state index contributed by atoms with van der Waals surface area (Å²) >= 11 is 0. The van der Waals surface area contributed by atoms with Crippen LogP contribution in [0.15, 0.2) is 12.4 Å². The average molecular weight is 149 g/mol. The number of halogens is 1. The number of aliphatic hydroxyl groups is 1. The molecule has 0 aliphatic carbocycles. The zero-order valence-electron chi connectivity index (χ0n) is 5.04. The van der Waals surface area contributed by atoms with Gasteiger partial charge < -0.3 is 9.84 Å². The molecular weight excluding hydrogens is 143 g/mol. The van der Waals surface area contributed by atoms with Gasteiger partial charge in [-0.2, -0.15) is 4.39 Å². The molecule has 0 bridgehead atoms. The van der Waals surface area contributed by atoms with Gasteiger partial charge in [-0.1, -0.05) is 6.58 Å². The van der Waals surface area contributed by atoms with E-state index in [-0.39, 0.29) is 0 Å². The van der Waals surface area contributed by atoms with Crippen molar-refractivity contribution in [1.29, 1.82) is 0 Å². The van der Waals surface area contributed by atoms with Gasteiger partial charge >= 0.3 is 5.97 Å². The minimum Gasteiger partial charge on any atom is -0.428 e. The van der Waals surface area contributed by atoms with Crippen LogP contribution in [0, 0.1) is 0 Å². The zero-order valence-corrected chi connectivity index (χ0v) is 5.04. The van der Waals surface area contributed by atoms with E-state index in [4.69, 9.17) is 5.11 Å². The minimum absolute atomic E-state index is 1.01. The van der Waals surface area contributed by atoms with Crippen molar-refractivity contribution in [3.8, 4) is 0 Å². The van der Waals surface area contributed by atoms with Gasteiger partial charge in [-0.3, -0.25) is 0 Å². The van der Waals surface area contributed by atoms with Crippen molar-refractivity contribution in [2.45, 2.75) is 6.29 Å². The van der Waals surface area contributed by atoms with Gasteiger partial charge in [-0.25, -0.2) is 9.90 Å². The molecule has 4 nitrogen and oxygen atoms in total. The van der Waals surface area contributed by atoms with Crippen molar-refractivity contribution in [2.75, 3.05) is 6.61 Å². The zero-order chi connectivity index (χ0) is 8.15. The van der Waals surface area contributed by atoms with E-state index < -0.39 is 24.7 Å². The average Bonchev–Trinajstić information content (AvgIpc) is 1.87. The maximum atomic E-state index is 11.7. The lowest BCUT2D eigenvalue weighted by Crippen LogP contribution is -2.20. The quantitative estimate of drug-likeness (QED) is 0.342. The maximum Gasteiger partial charge on any atom is 0.368 e. The standard InChI is InChI=1S/C5H6FO4/c1-3(6)5(9)10-4(8)2-7/h4,8H,1-2H2. The van der Waals surface area contributed by atoms with Gasteiger partial charge in [-0.15, -0.1) is 0 Å². The number of hydrogen-bond donors (Lipinski definition) is 1. The summed E-state index contributed by atoms with van der Waals surface area (Å²) in [5.41, 5.74) is 0. The first-order valence-corrected chi connectivity index (χ1v) is 2.39. The first-order chi connectivity index (χ1) is 4.57. The Bertz CT molecular complexity index is 145. The van der Waals surface area contributed by atoms with Crippen molar-refractivity contribution in [1.82, 2.24) is 0 Å². The Morgan fingerprint density at radius 1 is 1.80 bits per heavy atom. The summed E-state index contributed by atoms with van der Waals surface area (Å²) in [5, 5.41) is 18.0. The van der Waals surface area contributed by atoms with Crippen LogP contribution in [-0.2, 0) is 14.6 Å². The second-order valence-electron chi connectivity index (χ2n) is 1.43. The van der Waals surface area contributed by atoms with Crippen LogP contribution in [0.4, 0.5) is 4.39 Å². The largest absolute Gasteiger partial charge is 0.428 e. The fraction of sp³-hybridized carbons (Fsp3) is 0.400. The third-order valence-corrected chi connectivity index (χ3v) is 0.607. The van der Waals surface area contributed by atoms with Crippen LogP contribution >= 0.6 is 0 Å². The van der Waals surface area contributed by atoms with Crippen LogP contribution in [0.3, 0.4) is 0 Å². The maximum absolute atomic E-state index is 11.7. The van der Waals surface area contributed by atoms with Gasteiger partial charge in [0.2, 0.25) is 12.1 Å². The molecule has 0 aliphatic rings. The highest BCUT2D eigenvalue weighted by Crippen LogP contribution is 1.97. The molecule has 0 heterocycles. The van der Waals surface area contributed by atoms with Crippen LogP contribution < -0.4 is 0 Å². The predicted octanol–water partition coefficient (Wildman–Crippen LogP) is -0.238. The lowest BCUT2D eigenvalue weighted by atomic mass is 10.6. The Labute approximate surface area is 56.5 Å². The summed E-state index contributed by atoms with van der Waals surface area (Å²) < 4.78 is 15.5. The molecular formula is C5H6FO4. The fourth-order valence-electron chi connectivity index (χ4n) is 0.222. The summed E-state index contributed by atoms with van der Waals surface area (Å²) in [6.45, 7) is 1.57. The van der Waals surface area contributed by atoms with Crippen LogP contribution in [0.25, 0.3) is 0 Å². The van der Waals surface area contributed by atoms with E-state index in [0.29, 0.717) is 0 Å². The highest BCUT2D eigenvalue weighted by atomic mass is 19.1. The highest BCUT2D eigenvalue weighted by molar-refractivity contribution is 5.85. The summed E-state index contributed by atoms with van der Waals surface area (Å²) in [6, 6.07) is 0. The Hall–Kier alpha value is -0.940. The van der Waals surface area contributed by atoms with Gasteiger partial charge in [-0.05, 0) is 0 Å². The lowest BCUT2D eigenvalue weighted by Gasteiger charge is -2.05. The van der Waals surface area contributed by atoms with Gasteiger partial charge in [0.1, 0.15) is 6.61 Å². The Kier molecular flexibility index (Phi) is 3.60. The minimum atomic E-state index is -1.79. The van der Waals surface area contributed by atoms with Crippen LogP contribution in [0.5, 0.6) is 0 Å². The molecule has 0 aromatic heterocycles. The van der Waals surface area contributed by atoms with E-state index in [2.05, 4.69) is 11.3 Å². The summed E-state index contributed by atoms with van der Waals surface area (Å²) in [7, 11) is 0. The molecule has 1 atom stereocenters. The van der Waals surface area contributed by atoms with E-state index in [1.54, 1.807) is 0 Å². The second-order valence-corrected chi connectivity index (χ2v) is 1.43. The molecule has 10 heavy (non-hydrogen) atoms. The Balaban J connectivity index is 3.68. The summed E-state index contributed by atoms with van der Waals surface area (Å²) in [5.74, 6) is -2.75. The monoisotopic (exact) mass is 149 g/mol. The van der Waals surface area contributed by atoms with Crippen molar-refractivity contribution in [3.63, 3.8) is 0 Å². The van der Waals surface area contributed by atoms with Crippen molar-refractivity contribution in [3.05, 3.63) is 12.4 Å². The molecule has 0 aromatic carbocycles. The molecule has 0 aliphatic heterocycles. The molecule has 0 fully saturated rings. The van der Waals surface area contributed by atoms with E-state index in [9.17, 15) is 14.3 Å². The predicted molar refractivity (Wildman–Crippen MR) is 27.9 cm³/mol. The van der Waals surface area contributed by atoms with Crippen LogP contribution in [-0.4, -0.2) is 24.0 Å². The number of carbonyl (C=O) groups is 1. The van der Waals surface area contributed by atoms with Gasteiger partial charge in [0.15, 0.2) is 0 Å². The van der Waals surface area contributed by atoms with Crippen molar-refractivity contribution >= 4 is 5.97 Å². The number of hydrogen-bond acceptors (Lipinski definition) is 3. The number of esters is 1. The summed E-state index contributed by atoms with van der Waals surface area (Å²) in [4.78, 5) is 10.1. The van der Waals surface area contributed by atoms with E-state index in [1.807, 2.05) is 0 Å². The molecule has 1 N–H and O–H groups in total. The molecule has 5 heteroatoms. The van der Waals surface area contributed by atoms with Gasteiger partial charge in [0.05, 0.1) is 0 Å². The van der Waals surface area contributed by atoms with Gasteiger partial charge in [0.25, 0.3) is 0 Å². The van der Waals surface area contributed by atoms with Gasteiger partial charge in [0, 0.05) is 0 Å². The molecule has 0 spiro atoms. The highest BCUT2D eigenvalue weighted by Gasteiger charge is 2.12. The number of rotatable bonds is 3. The lowest BCUT2D eigenvalue weighted by molar-refractivity contribution is -0.174. The van der Waals surface area contributed by atoms with E-state index >= 15 is 0 Å². The SMILES string of the molecule is C=C(F)C(=O)OC(O)C[O]. The molecule has 0 rings (SSSR count). The van der Waals surface area contributed by atoms with E-state index in [1.165, 1.54) is 0 Å². The van der Waals surface area contributed by atoms with Crippen molar-refractivity contribution < 1.29 is 24.1 Å². The number of aliphatic hydroxyl groups excluding tert-OH is 1. The second kappa shape index (κ2) is 3.97. The topological polar surface area (TPSA) is 66.4 Å². The number of ether oxygens (including phenoxy) is 1. The molecule has 1 unspecified atom stereocenters. The van der Waals surface area contributed by atoms with E-state index in [0.717, 1.165) is 0 Å². The molecule has 0 amide bonds. The Morgan fingerprint density at radius 3 is 2.60 bits per heavy atom. The fourth-order valence-corrected chi connectivity index (χ4v) is 0.222. The van der Waals surface area contributed by atoms with Crippen molar-refractivity contribution in [2.24, 2.45) is 0 Å². The molecule has 0 saturated carbocycles. The molecule has 0 aromatic rings. The van der Waals surface area contributed by atoms with Crippen LogP contribution in [0.1, 0.15) is 0 Å². The first-order valence-electron chi connectivity index (χ1n) is 2.39. The number of carbonyl (C=O) groups excluding carboxylic acids is 1. The third-order valence-electron chi connectivity index (χ3n) is 0.607.